The number of aromatic nitrogens is 5. The van der Waals surface area contributed by atoms with Gasteiger partial charge in [-0.3, -0.25) is 9.88 Å². The minimum Gasteiger partial charge on any atom is -0.486 e. The van der Waals surface area contributed by atoms with E-state index in [0.717, 1.165) is 67.1 Å². The van der Waals surface area contributed by atoms with Gasteiger partial charge in [0.25, 0.3) is 0 Å². The number of ether oxygens (including phenoxy) is 1. The molecule has 228 valence electrons. The van der Waals surface area contributed by atoms with Crippen LogP contribution in [0.1, 0.15) is 52.9 Å². The number of carbonyl (C=O) groups is 1. The van der Waals surface area contributed by atoms with Gasteiger partial charge in [0.15, 0.2) is 0 Å². The number of rotatable bonds is 11. The van der Waals surface area contributed by atoms with E-state index < -0.39 is 5.97 Å². The molecule has 1 aliphatic rings. The summed E-state index contributed by atoms with van der Waals surface area (Å²) in [7, 11) is 0. The third-order valence-corrected chi connectivity index (χ3v) is 8.81. The number of imidazole rings is 2. The molecule has 0 unspecified atom stereocenters. The molecule has 0 saturated carbocycles. The highest BCUT2D eigenvalue weighted by atomic mass is 35.5. The van der Waals surface area contributed by atoms with Gasteiger partial charge in [-0.15, -0.1) is 0 Å². The summed E-state index contributed by atoms with van der Waals surface area (Å²) in [4.78, 5) is 27.9. The Balaban J connectivity index is 1.10. The quantitative estimate of drug-likeness (QED) is 0.172. The van der Waals surface area contributed by atoms with E-state index in [4.69, 9.17) is 32.9 Å². The zero-order chi connectivity index (χ0) is 30.6. The molecule has 0 aliphatic carbocycles. The molecule has 4 heterocycles. The zero-order valence-electron chi connectivity index (χ0n) is 24.5. The van der Waals surface area contributed by atoms with E-state index in [0.29, 0.717) is 41.4 Å². The number of pyridine rings is 1. The van der Waals surface area contributed by atoms with Gasteiger partial charge in [-0.1, -0.05) is 23.2 Å². The summed E-state index contributed by atoms with van der Waals surface area (Å²) in [6, 6.07) is 14.5. The Kier molecular flexibility index (Phi) is 9.16. The summed E-state index contributed by atoms with van der Waals surface area (Å²) in [5, 5.41) is 10.7. The summed E-state index contributed by atoms with van der Waals surface area (Å²) in [5.41, 5.74) is 5.07. The van der Waals surface area contributed by atoms with Gasteiger partial charge in [-0.25, -0.2) is 14.8 Å². The molecule has 0 amide bonds. The SMILES string of the molecule is CCn1cncc1Cn1c(CN2CCC(Cc3ccnc(COc4ccc(Cl)cc4Cl)c3)CC2)nc2ccc(C(=O)O)cc21. The van der Waals surface area contributed by atoms with Crippen molar-refractivity contribution in [2.45, 2.75) is 52.4 Å². The van der Waals surface area contributed by atoms with Crippen molar-refractivity contribution in [2.24, 2.45) is 5.92 Å². The first kappa shape index (κ1) is 30.1. The van der Waals surface area contributed by atoms with Crippen LogP contribution in [0.2, 0.25) is 10.0 Å². The lowest BCUT2D eigenvalue weighted by atomic mass is 9.90. The molecule has 44 heavy (non-hydrogen) atoms. The van der Waals surface area contributed by atoms with E-state index in [1.165, 1.54) is 5.56 Å². The molecule has 3 aromatic heterocycles. The molecule has 5 aromatic rings. The number of carboxylic acid groups (broad SMARTS) is 1. The Morgan fingerprint density at radius 2 is 1.91 bits per heavy atom. The topological polar surface area (TPSA) is 98.3 Å². The number of aromatic carboxylic acids is 1. The van der Waals surface area contributed by atoms with Crippen LogP contribution in [0.3, 0.4) is 0 Å². The van der Waals surface area contributed by atoms with Gasteiger partial charge in [0.05, 0.1) is 52.4 Å². The van der Waals surface area contributed by atoms with E-state index in [-0.39, 0.29) is 5.56 Å². The summed E-state index contributed by atoms with van der Waals surface area (Å²) < 4.78 is 10.1. The second-order valence-corrected chi connectivity index (χ2v) is 12.1. The van der Waals surface area contributed by atoms with Crippen LogP contribution in [0, 0.1) is 5.92 Å². The molecule has 0 atom stereocenters. The van der Waals surface area contributed by atoms with E-state index in [9.17, 15) is 9.90 Å². The van der Waals surface area contributed by atoms with Crippen LogP contribution in [0.4, 0.5) is 0 Å². The monoisotopic (exact) mass is 632 g/mol. The Hall–Kier alpha value is -3.92. The van der Waals surface area contributed by atoms with Crippen molar-refractivity contribution in [2.75, 3.05) is 13.1 Å². The number of carboxylic acids is 1. The van der Waals surface area contributed by atoms with Gasteiger partial charge in [-0.05, 0) is 99.3 Å². The lowest BCUT2D eigenvalue weighted by molar-refractivity contribution is 0.0697. The molecule has 0 spiro atoms. The maximum atomic E-state index is 11.7. The zero-order valence-corrected chi connectivity index (χ0v) is 26.0. The first-order chi connectivity index (χ1) is 21.4. The van der Waals surface area contributed by atoms with Crippen LogP contribution in [-0.2, 0) is 32.7 Å². The van der Waals surface area contributed by atoms with Gasteiger partial charge in [0, 0.05) is 24.0 Å². The molecule has 1 fully saturated rings. The van der Waals surface area contributed by atoms with Crippen LogP contribution in [0.5, 0.6) is 5.75 Å². The summed E-state index contributed by atoms with van der Waals surface area (Å²) in [6.45, 7) is 6.46. The average molecular weight is 634 g/mol. The Morgan fingerprint density at radius 3 is 2.68 bits per heavy atom. The predicted molar refractivity (Wildman–Crippen MR) is 170 cm³/mol. The van der Waals surface area contributed by atoms with Crippen molar-refractivity contribution in [3.8, 4) is 5.75 Å². The number of halogens is 2. The molecular formula is C33H34Cl2N6O3. The molecule has 9 nitrogen and oxygen atoms in total. The Labute approximate surface area is 266 Å². The lowest BCUT2D eigenvalue weighted by Gasteiger charge is -2.32. The molecule has 1 N–H and O–H groups in total. The fourth-order valence-corrected chi connectivity index (χ4v) is 6.35. The van der Waals surface area contributed by atoms with Gasteiger partial charge in [0.1, 0.15) is 18.2 Å². The number of hydrogen-bond acceptors (Lipinski definition) is 6. The number of piperidine rings is 1. The molecule has 2 aromatic carbocycles. The molecule has 11 heteroatoms. The lowest BCUT2D eigenvalue weighted by Crippen LogP contribution is -2.34. The number of hydrogen-bond donors (Lipinski definition) is 1. The fourth-order valence-electron chi connectivity index (χ4n) is 5.89. The standard InChI is InChI=1S/C33H34Cl2N6O3/c1-2-40-21-36-17-27(40)18-41-30-15-24(33(42)43)3-5-29(30)38-32(41)19-39-11-8-22(9-12-39)13-23-7-10-37-26(14-23)20-44-31-6-4-25(34)16-28(31)35/h3-7,10,14-17,21-22H,2,8-9,11-13,18-20H2,1H3,(H,42,43). The number of aryl methyl sites for hydroxylation is 1. The van der Waals surface area contributed by atoms with Crippen LogP contribution < -0.4 is 4.74 Å². The van der Waals surface area contributed by atoms with Crippen molar-refractivity contribution in [3.63, 3.8) is 0 Å². The van der Waals surface area contributed by atoms with E-state index in [2.05, 4.69) is 43.1 Å². The highest BCUT2D eigenvalue weighted by Crippen LogP contribution is 2.29. The Bertz CT molecular complexity index is 1780. The number of benzene rings is 2. The molecule has 0 bridgehead atoms. The van der Waals surface area contributed by atoms with Crippen LogP contribution in [0.15, 0.2) is 67.3 Å². The first-order valence-corrected chi connectivity index (χ1v) is 15.6. The number of likely N-dealkylation sites (tertiary alicyclic amines) is 1. The predicted octanol–water partition coefficient (Wildman–Crippen LogP) is 6.73. The first-order valence-electron chi connectivity index (χ1n) is 14.8. The summed E-state index contributed by atoms with van der Waals surface area (Å²) in [5.74, 6) is 1.15. The van der Waals surface area contributed by atoms with Crippen LogP contribution in [0.25, 0.3) is 11.0 Å². The van der Waals surface area contributed by atoms with Gasteiger partial charge in [-0.2, -0.15) is 0 Å². The van der Waals surface area contributed by atoms with Gasteiger partial charge >= 0.3 is 5.97 Å². The van der Waals surface area contributed by atoms with Crippen molar-refractivity contribution in [3.05, 3.63) is 106 Å². The van der Waals surface area contributed by atoms with Crippen LogP contribution >= 0.6 is 23.2 Å². The second kappa shape index (κ2) is 13.4. The van der Waals surface area contributed by atoms with Crippen molar-refractivity contribution in [1.82, 2.24) is 29.0 Å². The molecule has 0 radical (unpaired) electrons. The maximum Gasteiger partial charge on any atom is 0.335 e. The van der Waals surface area contributed by atoms with Crippen molar-refractivity contribution in [1.29, 1.82) is 0 Å². The van der Waals surface area contributed by atoms with E-state index in [1.54, 1.807) is 36.4 Å². The molecule has 1 aliphatic heterocycles. The second-order valence-electron chi connectivity index (χ2n) is 11.2. The highest BCUT2D eigenvalue weighted by molar-refractivity contribution is 6.35. The third-order valence-electron chi connectivity index (χ3n) is 8.28. The molecule has 6 rings (SSSR count). The molecular weight excluding hydrogens is 599 g/mol. The molecule has 1 saturated heterocycles. The normalized spacial score (nSPS) is 14.3. The van der Waals surface area contributed by atoms with Gasteiger partial charge < -0.3 is 19.0 Å². The number of nitrogens with zero attached hydrogens (tertiary/aromatic N) is 6. The van der Waals surface area contributed by atoms with Crippen molar-refractivity contribution >= 4 is 40.2 Å². The van der Waals surface area contributed by atoms with Gasteiger partial charge in [0.2, 0.25) is 0 Å². The highest BCUT2D eigenvalue weighted by Gasteiger charge is 2.23. The minimum absolute atomic E-state index is 0.259. The van der Waals surface area contributed by atoms with Crippen molar-refractivity contribution < 1.29 is 14.6 Å². The van der Waals surface area contributed by atoms with Crippen LogP contribution in [-0.4, -0.2) is 53.2 Å². The fraction of sp³-hybridized carbons (Fsp3) is 0.333. The maximum absolute atomic E-state index is 11.7. The largest absolute Gasteiger partial charge is 0.486 e. The average Bonchev–Trinajstić information content (AvgIpc) is 3.61. The third kappa shape index (κ3) is 6.90. The number of fused-ring (bicyclic) bond motifs is 1. The minimum atomic E-state index is -0.943. The smallest absolute Gasteiger partial charge is 0.335 e. The Morgan fingerprint density at radius 1 is 1.07 bits per heavy atom. The summed E-state index contributed by atoms with van der Waals surface area (Å²) in [6.07, 6.45) is 8.70. The van der Waals surface area contributed by atoms with E-state index in [1.807, 2.05) is 18.7 Å². The summed E-state index contributed by atoms with van der Waals surface area (Å²) >= 11 is 12.2. The van der Waals surface area contributed by atoms with E-state index >= 15 is 0 Å².